The Morgan fingerprint density at radius 1 is 0.892 bits per heavy atom. The second kappa shape index (κ2) is 9.94. The third kappa shape index (κ3) is 4.69. The summed E-state index contributed by atoms with van der Waals surface area (Å²) in [7, 11) is 3.31. The molecule has 0 radical (unpaired) electrons. The Kier molecular flexibility index (Phi) is 6.69. The van der Waals surface area contributed by atoms with Gasteiger partial charge in [-0.05, 0) is 55.3 Å². The number of ether oxygens (including phenoxy) is 1. The van der Waals surface area contributed by atoms with E-state index in [9.17, 15) is 13.6 Å². The second-order valence-electron chi connectivity index (χ2n) is 9.70. The van der Waals surface area contributed by atoms with E-state index in [2.05, 4.69) is 28.6 Å². The number of hydrogen-bond acceptors (Lipinski definition) is 5. The van der Waals surface area contributed by atoms with Crippen LogP contribution in [0.25, 0.3) is 11.0 Å². The van der Waals surface area contributed by atoms with E-state index in [1.807, 2.05) is 6.07 Å². The van der Waals surface area contributed by atoms with E-state index in [0.29, 0.717) is 24.5 Å². The lowest BCUT2D eigenvalue weighted by Crippen LogP contribution is -2.57. The Morgan fingerprint density at radius 3 is 2.05 bits per heavy atom. The maximum atomic E-state index is 13.8. The summed E-state index contributed by atoms with van der Waals surface area (Å²) in [6.45, 7) is 5.56. The van der Waals surface area contributed by atoms with Crippen LogP contribution in [0.4, 0.5) is 14.5 Å². The summed E-state index contributed by atoms with van der Waals surface area (Å²) in [5.74, 6) is -0.110. The van der Waals surface area contributed by atoms with Crippen LogP contribution in [0.3, 0.4) is 0 Å². The molecule has 0 spiro atoms. The first-order valence-electron chi connectivity index (χ1n) is 12.3. The number of methoxy groups -OCH3 is 1. The van der Waals surface area contributed by atoms with Gasteiger partial charge in [0.1, 0.15) is 17.2 Å². The first-order valence-corrected chi connectivity index (χ1v) is 12.3. The molecule has 1 aliphatic heterocycles. The molecule has 2 atom stereocenters. The molecular formula is C29H30F2N4O2. The molecule has 37 heavy (non-hydrogen) atoms. The summed E-state index contributed by atoms with van der Waals surface area (Å²) < 4.78 is 34.5. The van der Waals surface area contributed by atoms with Crippen LogP contribution in [0.5, 0.6) is 5.88 Å². The molecule has 0 N–H and O–H groups in total. The second-order valence-corrected chi connectivity index (χ2v) is 9.70. The van der Waals surface area contributed by atoms with Gasteiger partial charge in [-0.15, -0.1) is 0 Å². The normalized spacial score (nSPS) is 18.5. The molecule has 1 saturated heterocycles. The van der Waals surface area contributed by atoms with E-state index >= 15 is 0 Å². The zero-order valence-corrected chi connectivity index (χ0v) is 21.4. The molecule has 0 saturated carbocycles. The highest BCUT2D eigenvalue weighted by Gasteiger charge is 2.36. The van der Waals surface area contributed by atoms with Gasteiger partial charge in [-0.1, -0.05) is 24.3 Å². The quantitative estimate of drug-likeness (QED) is 0.387. The molecular weight excluding hydrogens is 474 g/mol. The minimum absolute atomic E-state index is 0.0305. The number of nitrogens with zero attached hydrogens (tertiary/aromatic N) is 4. The van der Waals surface area contributed by atoms with Crippen LogP contribution in [-0.2, 0) is 7.05 Å². The number of hydrogen-bond donors (Lipinski definition) is 0. The number of fused-ring (bicyclic) bond motifs is 1. The monoisotopic (exact) mass is 504 g/mol. The smallest absolute Gasteiger partial charge is 0.252 e. The highest BCUT2D eigenvalue weighted by molar-refractivity contribution is 5.89. The van der Waals surface area contributed by atoms with E-state index in [1.165, 1.54) is 24.3 Å². The fourth-order valence-electron chi connectivity index (χ4n) is 5.34. The van der Waals surface area contributed by atoms with Gasteiger partial charge < -0.3 is 14.2 Å². The van der Waals surface area contributed by atoms with E-state index in [1.54, 1.807) is 55.1 Å². The fourth-order valence-corrected chi connectivity index (χ4v) is 5.34. The number of rotatable bonds is 5. The first-order chi connectivity index (χ1) is 17.8. The molecule has 0 bridgehead atoms. The van der Waals surface area contributed by atoms with Crippen molar-refractivity contribution in [1.82, 2.24) is 14.5 Å². The molecule has 5 rings (SSSR count). The van der Waals surface area contributed by atoms with Gasteiger partial charge in [0.25, 0.3) is 5.56 Å². The molecule has 2 aromatic heterocycles. The maximum absolute atomic E-state index is 13.8. The SMILES string of the molecule is COc1ccc2c(n1)c(N1C[C@@H](C)N(C(c3ccc(F)cc3)c3ccc(F)cc3)C[C@@H]1C)cc(=O)n2C. The van der Waals surface area contributed by atoms with Crippen molar-refractivity contribution in [2.45, 2.75) is 32.0 Å². The van der Waals surface area contributed by atoms with Crippen molar-refractivity contribution in [3.63, 3.8) is 0 Å². The van der Waals surface area contributed by atoms with E-state index < -0.39 is 0 Å². The summed E-state index contributed by atoms with van der Waals surface area (Å²) in [5, 5.41) is 0. The minimum Gasteiger partial charge on any atom is -0.481 e. The van der Waals surface area contributed by atoms with Gasteiger partial charge in [0, 0.05) is 44.4 Å². The summed E-state index contributed by atoms with van der Waals surface area (Å²) in [4.78, 5) is 22.1. The van der Waals surface area contributed by atoms with Crippen LogP contribution in [0.15, 0.2) is 71.5 Å². The summed E-state index contributed by atoms with van der Waals surface area (Å²) >= 11 is 0. The van der Waals surface area contributed by atoms with Crippen molar-refractivity contribution in [3.8, 4) is 5.88 Å². The molecule has 0 unspecified atom stereocenters. The Bertz CT molecular complexity index is 1430. The van der Waals surface area contributed by atoms with Crippen molar-refractivity contribution >= 4 is 16.7 Å². The number of piperazine rings is 1. The maximum Gasteiger partial charge on any atom is 0.252 e. The fraction of sp³-hybridized carbons (Fsp3) is 0.310. The van der Waals surface area contributed by atoms with Crippen molar-refractivity contribution in [2.24, 2.45) is 7.05 Å². The largest absolute Gasteiger partial charge is 0.481 e. The van der Waals surface area contributed by atoms with Gasteiger partial charge in [-0.3, -0.25) is 9.69 Å². The Morgan fingerprint density at radius 2 is 1.49 bits per heavy atom. The molecule has 1 fully saturated rings. The van der Waals surface area contributed by atoms with Gasteiger partial charge in [-0.25, -0.2) is 13.8 Å². The number of aryl methyl sites for hydroxylation is 1. The summed E-state index contributed by atoms with van der Waals surface area (Å²) in [6.07, 6.45) is 0. The molecule has 4 aromatic rings. The third-order valence-electron chi connectivity index (χ3n) is 7.30. The van der Waals surface area contributed by atoms with Crippen molar-refractivity contribution < 1.29 is 13.5 Å². The number of halogens is 2. The molecule has 3 heterocycles. The average molecular weight is 505 g/mol. The number of benzene rings is 2. The minimum atomic E-state index is -0.298. The van der Waals surface area contributed by atoms with Gasteiger partial charge in [0.15, 0.2) is 0 Å². The predicted molar refractivity (Wildman–Crippen MR) is 141 cm³/mol. The van der Waals surface area contributed by atoms with Crippen molar-refractivity contribution in [2.75, 3.05) is 25.1 Å². The van der Waals surface area contributed by atoms with Crippen molar-refractivity contribution in [3.05, 3.63) is 99.8 Å². The summed E-state index contributed by atoms with van der Waals surface area (Å²) in [5.41, 5.74) is 3.99. The van der Waals surface area contributed by atoms with Crippen molar-refractivity contribution in [1.29, 1.82) is 0 Å². The van der Waals surface area contributed by atoms with Gasteiger partial charge in [-0.2, -0.15) is 0 Å². The first kappa shape index (κ1) is 24.9. The molecule has 0 aliphatic carbocycles. The predicted octanol–water partition coefficient (Wildman–Crippen LogP) is 4.91. The van der Waals surface area contributed by atoms with E-state index in [0.717, 1.165) is 22.3 Å². The number of aromatic nitrogens is 2. The van der Waals surface area contributed by atoms with Crippen LogP contribution in [0.1, 0.15) is 31.0 Å². The highest BCUT2D eigenvalue weighted by Crippen LogP contribution is 2.36. The van der Waals surface area contributed by atoms with Crippen LogP contribution < -0.4 is 15.2 Å². The lowest BCUT2D eigenvalue weighted by molar-refractivity contribution is 0.130. The van der Waals surface area contributed by atoms with Gasteiger partial charge >= 0.3 is 0 Å². The van der Waals surface area contributed by atoms with E-state index in [-0.39, 0.29) is 35.3 Å². The lowest BCUT2D eigenvalue weighted by atomic mass is 9.93. The zero-order valence-electron chi connectivity index (χ0n) is 21.4. The lowest BCUT2D eigenvalue weighted by Gasteiger charge is -2.48. The van der Waals surface area contributed by atoms with Crippen LogP contribution >= 0.6 is 0 Å². The number of pyridine rings is 2. The average Bonchev–Trinajstić information content (AvgIpc) is 2.90. The third-order valence-corrected chi connectivity index (χ3v) is 7.30. The van der Waals surface area contributed by atoms with Crippen LogP contribution in [0, 0.1) is 11.6 Å². The zero-order chi connectivity index (χ0) is 26.3. The van der Waals surface area contributed by atoms with Crippen LogP contribution in [-0.4, -0.2) is 46.7 Å². The Hall–Kier alpha value is -3.78. The Labute approximate surface area is 214 Å². The topological polar surface area (TPSA) is 50.6 Å². The summed E-state index contributed by atoms with van der Waals surface area (Å²) in [6, 6.07) is 18.2. The highest BCUT2D eigenvalue weighted by atomic mass is 19.1. The Balaban J connectivity index is 1.54. The molecule has 0 amide bonds. The number of anilines is 1. The molecule has 2 aromatic carbocycles. The molecule has 8 heteroatoms. The molecule has 192 valence electrons. The van der Waals surface area contributed by atoms with Crippen LogP contribution in [0.2, 0.25) is 0 Å². The standard InChI is InChI=1S/C29H30F2N4O2/c1-18-17-35(29(20-5-9-22(30)10-6-20)21-7-11-23(31)12-8-21)19(2)16-34(18)25-15-27(36)33(3)24-13-14-26(37-4)32-28(24)25/h5-15,18-19,29H,16-17H2,1-4H3/t18-,19+/m0/s1. The van der Waals surface area contributed by atoms with Gasteiger partial charge in [0.2, 0.25) is 5.88 Å². The van der Waals surface area contributed by atoms with Gasteiger partial charge in [0.05, 0.1) is 24.4 Å². The molecule has 1 aliphatic rings. The molecule has 6 nitrogen and oxygen atoms in total. The van der Waals surface area contributed by atoms with E-state index in [4.69, 9.17) is 4.74 Å².